The molecule has 0 spiro atoms. The highest BCUT2D eigenvalue weighted by Gasteiger charge is 2.12. The van der Waals surface area contributed by atoms with Gasteiger partial charge in [0.1, 0.15) is 6.33 Å². The van der Waals surface area contributed by atoms with Gasteiger partial charge in [-0.25, -0.2) is 0 Å². The number of aromatic nitrogens is 4. The second kappa shape index (κ2) is 4.78. The van der Waals surface area contributed by atoms with Crippen molar-refractivity contribution in [2.75, 3.05) is 0 Å². The first kappa shape index (κ1) is 11.3. The van der Waals surface area contributed by atoms with Crippen LogP contribution in [0.15, 0.2) is 18.7 Å². The van der Waals surface area contributed by atoms with Crippen LogP contribution < -0.4 is 0 Å². The van der Waals surface area contributed by atoms with E-state index in [9.17, 15) is 0 Å². The number of hydrogen-bond donors (Lipinski definition) is 0. The van der Waals surface area contributed by atoms with Crippen molar-refractivity contribution in [3.63, 3.8) is 0 Å². The Labute approximate surface area is 99.7 Å². The topological polar surface area (TPSA) is 43.1 Å². The van der Waals surface area contributed by atoms with Crippen molar-refractivity contribution in [2.24, 2.45) is 5.92 Å². The zero-order chi connectivity index (χ0) is 11.5. The maximum atomic E-state index is 6.28. The third kappa shape index (κ3) is 2.50. The maximum absolute atomic E-state index is 6.28. The molecule has 0 radical (unpaired) electrons. The van der Waals surface area contributed by atoms with Crippen molar-refractivity contribution >= 4 is 17.2 Å². The fourth-order valence-electron chi connectivity index (χ4n) is 1.76. The maximum Gasteiger partial charge on any atom is 0.182 e. The minimum Gasteiger partial charge on any atom is -0.286 e. The molecule has 0 aliphatic heterocycles. The van der Waals surface area contributed by atoms with E-state index in [0.717, 1.165) is 24.2 Å². The highest BCUT2D eigenvalue weighted by Crippen LogP contribution is 2.16. The fraction of sp³-hybridized carbons (Fsp3) is 0.545. The molecule has 0 aromatic carbocycles. The molecule has 0 fully saturated rings. The lowest BCUT2D eigenvalue weighted by Gasteiger charge is -2.11. The molecule has 2 aromatic heterocycles. The van der Waals surface area contributed by atoms with Crippen LogP contribution >= 0.6 is 11.6 Å². The molecule has 4 nitrogen and oxygen atoms in total. The van der Waals surface area contributed by atoms with Gasteiger partial charge in [-0.15, -0.1) is 21.8 Å². The summed E-state index contributed by atoms with van der Waals surface area (Å²) in [5.41, 5.74) is 1.72. The molecule has 0 amide bonds. The quantitative estimate of drug-likeness (QED) is 0.768. The number of rotatable bonds is 4. The summed E-state index contributed by atoms with van der Waals surface area (Å²) in [5, 5.41) is 8.01. The number of hydrogen-bond acceptors (Lipinski definition) is 3. The second-order valence-electron chi connectivity index (χ2n) is 4.37. The molecule has 0 aliphatic carbocycles. The first-order valence-electron chi connectivity index (χ1n) is 5.44. The van der Waals surface area contributed by atoms with Gasteiger partial charge in [0.05, 0.1) is 5.69 Å². The third-order valence-electron chi connectivity index (χ3n) is 2.43. The summed E-state index contributed by atoms with van der Waals surface area (Å²) in [6, 6.07) is 0. The monoisotopic (exact) mass is 238 g/mol. The lowest BCUT2D eigenvalue weighted by molar-refractivity contribution is 0.559. The molecule has 5 heteroatoms. The Balaban J connectivity index is 2.17. The summed E-state index contributed by atoms with van der Waals surface area (Å²) in [4.78, 5) is 4.32. The zero-order valence-corrected chi connectivity index (χ0v) is 10.2. The lowest BCUT2D eigenvalue weighted by atomic mass is 10.0. The van der Waals surface area contributed by atoms with Gasteiger partial charge in [-0.2, -0.15) is 0 Å². The minimum atomic E-state index is 0.107. The summed E-state index contributed by atoms with van der Waals surface area (Å²) >= 11 is 6.28. The second-order valence-corrected chi connectivity index (χ2v) is 4.98. The van der Waals surface area contributed by atoms with Crippen molar-refractivity contribution in [3.05, 3.63) is 24.4 Å². The van der Waals surface area contributed by atoms with Gasteiger partial charge >= 0.3 is 0 Å². The first-order chi connectivity index (χ1) is 7.66. The van der Waals surface area contributed by atoms with Crippen LogP contribution in [0.25, 0.3) is 5.65 Å². The standard InChI is InChI=1S/C11H15ClN4/c1-8(2)5-9(12)6-10-11-15-14-7-16(11)4-3-13-10/h3-4,7-9H,5-6H2,1-2H3. The van der Waals surface area contributed by atoms with Crippen molar-refractivity contribution < 1.29 is 0 Å². The highest BCUT2D eigenvalue weighted by atomic mass is 35.5. The average molecular weight is 239 g/mol. The summed E-state index contributed by atoms with van der Waals surface area (Å²) in [6.07, 6.45) is 6.99. The summed E-state index contributed by atoms with van der Waals surface area (Å²) in [6.45, 7) is 4.33. The zero-order valence-electron chi connectivity index (χ0n) is 9.47. The van der Waals surface area contributed by atoms with Crippen molar-refractivity contribution in [1.82, 2.24) is 19.6 Å². The summed E-state index contributed by atoms with van der Waals surface area (Å²) in [7, 11) is 0. The smallest absolute Gasteiger partial charge is 0.182 e. The van der Waals surface area contributed by atoms with E-state index in [4.69, 9.17) is 11.6 Å². The predicted octanol–water partition coefficient (Wildman–Crippen LogP) is 2.32. The third-order valence-corrected chi connectivity index (χ3v) is 2.76. The minimum absolute atomic E-state index is 0.107. The summed E-state index contributed by atoms with van der Waals surface area (Å²) < 4.78 is 1.86. The molecule has 2 rings (SSSR count). The predicted molar refractivity (Wildman–Crippen MR) is 63.6 cm³/mol. The largest absolute Gasteiger partial charge is 0.286 e. The summed E-state index contributed by atoms with van der Waals surface area (Å²) in [5.74, 6) is 0.597. The van der Waals surface area contributed by atoms with Crippen LogP contribution in [0.2, 0.25) is 0 Å². The highest BCUT2D eigenvalue weighted by molar-refractivity contribution is 6.20. The molecule has 1 atom stereocenters. The SMILES string of the molecule is CC(C)CC(Cl)Cc1nccn2cnnc12. The van der Waals surface area contributed by atoms with Gasteiger partial charge < -0.3 is 0 Å². The van der Waals surface area contributed by atoms with Gasteiger partial charge in [-0.05, 0) is 12.3 Å². The molecule has 2 heterocycles. The fourth-order valence-corrected chi connectivity index (χ4v) is 2.26. The molecule has 2 aromatic rings. The normalized spacial score (nSPS) is 13.5. The Kier molecular flexibility index (Phi) is 3.39. The van der Waals surface area contributed by atoms with E-state index in [1.165, 1.54) is 0 Å². The molecule has 0 saturated heterocycles. The number of fused-ring (bicyclic) bond motifs is 1. The molecule has 1 unspecified atom stereocenters. The molecular formula is C11H15ClN4. The Morgan fingerprint density at radius 2 is 2.25 bits per heavy atom. The van der Waals surface area contributed by atoms with Crippen LogP contribution in [0, 0.1) is 5.92 Å². The van der Waals surface area contributed by atoms with Crippen molar-refractivity contribution in [2.45, 2.75) is 32.1 Å². The first-order valence-corrected chi connectivity index (χ1v) is 5.87. The average Bonchev–Trinajstić information content (AvgIpc) is 2.65. The van der Waals surface area contributed by atoms with Gasteiger partial charge in [0, 0.05) is 24.2 Å². The van der Waals surface area contributed by atoms with Gasteiger partial charge in [0.15, 0.2) is 5.65 Å². The van der Waals surface area contributed by atoms with Crippen LogP contribution in [-0.2, 0) is 6.42 Å². The number of alkyl halides is 1. The Morgan fingerprint density at radius 3 is 3.00 bits per heavy atom. The molecule has 0 N–H and O–H groups in total. The Bertz CT molecular complexity index is 466. The van der Waals surface area contributed by atoms with Crippen LogP contribution in [-0.4, -0.2) is 25.0 Å². The molecule has 0 bridgehead atoms. The van der Waals surface area contributed by atoms with E-state index in [2.05, 4.69) is 29.0 Å². The molecule has 86 valence electrons. The molecule has 0 saturated carbocycles. The van der Waals surface area contributed by atoms with Crippen LogP contribution in [0.4, 0.5) is 0 Å². The molecule has 16 heavy (non-hydrogen) atoms. The van der Waals surface area contributed by atoms with Gasteiger partial charge in [0.2, 0.25) is 0 Å². The van der Waals surface area contributed by atoms with E-state index >= 15 is 0 Å². The van der Waals surface area contributed by atoms with Crippen molar-refractivity contribution in [3.8, 4) is 0 Å². The van der Waals surface area contributed by atoms with E-state index in [0.29, 0.717) is 5.92 Å². The Hall–Kier alpha value is -1.16. The van der Waals surface area contributed by atoms with Gasteiger partial charge in [-0.1, -0.05) is 13.8 Å². The Morgan fingerprint density at radius 1 is 1.44 bits per heavy atom. The van der Waals surface area contributed by atoms with Crippen LogP contribution in [0.1, 0.15) is 26.0 Å². The number of halogens is 1. The van der Waals surface area contributed by atoms with Gasteiger partial charge in [-0.3, -0.25) is 9.38 Å². The van der Waals surface area contributed by atoms with Crippen LogP contribution in [0.3, 0.4) is 0 Å². The van der Waals surface area contributed by atoms with E-state index < -0.39 is 0 Å². The molecular weight excluding hydrogens is 224 g/mol. The van der Waals surface area contributed by atoms with E-state index in [1.54, 1.807) is 12.5 Å². The van der Waals surface area contributed by atoms with Crippen molar-refractivity contribution in [1.29, 1.82) is 0 Å². The van der Waals surface area contributed by atoms with Crippen LogP contribution in [0.5, 0.6) is 0 Å². The van der Waals surface area contributed by atoms with E-state index in [-0.39, 0.29) is 5.38 Å². The van der Waals surface area contributed by atoms with E-state index in [1.807, 2.05) is 10.6 Å². The lowest BCUT2D eigenvalue weighted by Crippen LogP contribution is -2.09. The van der Waals surface area contributed by atoms with Gasteiger partial charge in [0.25, 0.3) is 0 Å². The molecule has 0 aliphatic rings. The number of nitrogens with zero attached hydrogens (tertiary/aromatic N) is 4.